The van der Waals surface area contributed by atoms with E-state index < -0.39 is 0 Å². The lowest BCUT2D eigenvalue weighted by Crippen LogP contribution is -2.29. The Kier molecular flexibility index (Phi) is 2.53. The van der Waals surface area contributed by atoms with Crippen LogP contribution in [0.15, 0.2) is 60.7 Å². The first-order valence-corrected chi connectivity index (χ1v) is 6.92. The van der Waals surface area contributed by atoms with Gasteiger partial charge in [0, 0.05) is 5.69 Å². The lowest BCUT2D eigenvalue weighted by atomic mass is 10.0. The van der Waals surface area contributed by atoms with Gasteiger partial charge in [-0.3, -0.25) is 9.59 Å². The highest BCUT2D eigenvalue weighted by Crippen LogP contribution is 2.31. The highest BCUT2D eigenvalue weighted by molar-refractivity contribution is 6.35. The minimum absolute atomic E-state index is 0.296. The Morgan fingerprint density at radius 3 is 1.73 bits per heavy atom. The maximum Gasteiger partial charge on any atom is 0.266 e. The Bertz CT molecular complexity index is 875. The zero-order valence-electron chi connectivity index (χ0n) is 11.6. The van der Waals surface area contributed by atoms with Crippen molar-refractivity contribution in [2.45, 2.75) is 0 Å². The molecule has 22 heavy (non-hydrogen) atoms. The number of anilines is 2. The van der Waals surface area contributed by atoms with Crippen molar-refractivity contribution in [1.82, 2.24) is 0 Å². The molecule has 4 heteroatoms. The second-order valence-electron chi connectivity index (χ2n) is 5.28. The number of hydrogen-bond acceptors (Lipinski definition) is 3. The first-order valence-electron chi connectivity index (χ1n) is 6.92. The number of nitrogens with two attached hydrogens (primary N) is 1. The van der Waals surface area contributed by atoms with Crippen LogP contribution in [-0.2, 0) is 0 Å². The van der Waals surface area contributed by atoms with Crippen molar-refractivity contribution in [3.8, 4) is 0 Å². The van der Waals surface area contributed by atoms with E-state index in [2.05, 4.69) is 0 Å². The highest BCUT2D eigenvalue weighted by Gasteiger charge is 2.36. The van der Waals surface area contributed by atoms with Crippen LogP contribution < -0.4 is 10.6 Å². The quantitative estimate of drug-likeness (QED) is 0.552. The normalized spacial score (nSPS) is 13.7. The topological polar surface area (TPSA) is 63.4 Å². The Hall–Kier alpha value is -3.14. The molecule has 3 aromatic carbocycles. The Labute approximate surface area is 126 Å². The molecule has 1 aliphatic rings. The molecule has 0 fully saturated rings. The van der Waals surface area contributed by atoms with E-state index in [0.29, 0.717) is 22.5 Å². The molecule has 2 amide bonds. The van der Waals surface area contributed by atoms with Gasteiger partial charge >= 0.3 is 0 Å². The van der Waals surface area contributed by atoms with E-state index in [4.69, 9.17) is 5.73 Å². The monoisotopic (exact) mass is 288 g/mol. The van der Waals surface area contributed by atoms with Crippen molar-refractivity contribution in [3.63, 3.8) is 0 Å². The molecule has 0 spiro atoms. The number of carbonyl (C=O) groups is 2. The minimum Gasteiger partial charge on any atom is -0.399 e. The van der Waals surface area contributed by atoms with Gasteiger partial charge in [0.25, 0.3) is 11.8 Å². The van der Waals surface area contributed by atoms with Gasteiger partial charge in [-0.05, 0) is 47.2 Å². The van der Waals surface area contributed by atoms with Gasteiger partial charge in [-0.1, -0.05) is 24.3 Å². The summed E-state index contributed by atoms with van der Waals surface area (Å²) in [5, 5.41) is 1.89. The smallest absolute Gasteiger partial charge is 0.266 e. The standard InChI is InChI=1S/C18H12N2O2/c19-13-5-7-14(8-6-13)20-17(21)15-9-11-3-1-2-4-12(11)10-16(15)18(20)22/h1-10H,19H2. The molecular formula is C18H12N2O2. The molecule has 1 heterocycles. The third-order valence-electron chi connectivity index (χ3n) is 3.90. The van der Waals surface area contributed by atoms with Gasteiger partial charge < -0.3 is 5.73 Å². The van der Waals surface area contributed by atoms with Crippen molar-refractivity contribution in [2.75, 3.05) is 10.6 Å². The minimum atomic E-state index is -0.296. The molecule has 0 atom stereocenters. The maximum absolute atomic E-state index is 12.6. The van der Waals surface area contributed by atoms with Crippen LogP contribution in [0.1, 0.15) is 20.7 Å². The molecule has 4 rings (SSSR count). The van der Waals surface area contributed by atoms with Crippen LogP contribution in [0.4, 0.5) is 11.4 Å². The van der Waals surface area contributed by atoms with E-state index >= 15 is 0 Å². The van der Waals surface area contributed by atoms with E-state index in [1.165, 1.54) is 4.90 Å². The van der Waals surface area contributed by atoms with Gasteiger partial charge in [0.05, 0.1) is 16.8 Å². The molecule has 0 bridgehead atoms. The van der Waals surface area contributed by atoms with Crippen molar-refractivity contribution in [2.24, 2.45) is 0 Å². The van der Waals surface area contributed by atoms with Crippen molar-refractivity contribution in [1.29, 1.82) is 0 Å². The van der Waals surface area contributed by atoms with E-state index in [1.807, 2.05) is 24.3 Å². The van der Waals surface area contributed by atoms with Crippen LogP contribution in [0.25, 0.3) is 10.8 Å². The van der Waals surface area contributed by atoms with Gasteiger partial charge in [-0.2, -0.15) is 0 Å². The Morgan fingerprint density at radius 1 is 0.727 bits per heavy atom. The highest BCUT2D eigenvalue weighted by atomic mass is 16.2. The van der Waals surface area contributed by atoms with Crippen LogP contribution >= 0.6 is 0 Å². The maximum atomic E-state index is 12.6. The molecule has 0 saturated carbocycles. The number of amides is 2. The number of imide groups is 1. The number of benzene rings is 3. The second kappa shape index (κ2) is 4.43. The van der Waals surface area contributed by atoms with Crippen molar-refractivity contribution < 1.29 is 9.59 Å². The van der Waals surface area contributed by atoms with Crippen LogP contribution in [0.2, 0.25) is 0 Å². The summed E-state index contributed by atoms with van der Waals surface area (Å²) >= 11 is 0. The zero-order valence-corrected chi connectivity index (χ0v) is 11.6. The summed E-state index contributed by atoms with van der Waals surface area (Å²) in [6, 6.07) is 17.9. The molecule has 3 aromatic rings. The van der Waals surface area contributed by atoms with Crippen LogP contribution in [0.3, 0.4) is 0 Å². The summed E-state index contributed by atoms with van der Waals surface area (Å²) in [5.74, 6) is -0.592. The summed E-state index contributed by atoms with van der Waals surface area (Å²) in [4.78, 5) is 26.4. The summed E-state index contributed by atoms with van der Waals surface area (Å²) in [5.41, 5.74) is 7.67. The molecule has 0 unspecified atom stereocenters. The van der Waals surface area contributed by atoms with E-state index in [-0.39, 0.29) is 11.8 Å². The number of nitrogens with zero attached hydrogens (tertiary/aromatic N) is 1. The van der Waals surface area contributed by atoms with E-state index in [1.54, 1.807) is 36.4 Å². The number of nitrogen functional groups attached to an aromatic ring is 1. The zero-order chi connectivity index (χ0) is 15.3. The Balaban J connectivity index is 1.88. The van der Waals surface area contributed by atoms with Crippen molar-refractivity contribution >= 4 is 34.0 Å². The molecular weight excluding hydrogens is 276 g/mol. The van der Waals surface area contributed by atoms with E-state index in [0.717, 1.165) is 10.8 Å². The second-order valence-corrected chi connectivity index (χ2v) is 5.28. The summed E-state index contributed by atoms with van der Waals surface area (Å²) < 4.78 is 0. The van der Waals surface area contributed by atoms with Crippen LogP contribution in [0, 0.1) is 0 Å². The van der Waals surface area contributed by atoms with E-state index in [9.17, 15) is 9.59 Å². The average molecular weight is 288 g/mol. The molecule has 0 aliphatic carbocycles. The van der Waals surface area contributed by atoms with Crippen molar-refractivity contribution in [3.05, 3.63) is 71.8 Å². The van der Waals surface area contributed by atoms with Gasteiger partial charge in [0.2, 0.25) is 0 Å². The lowest BCUT2D eigenvalue weighted by molar-refractivity contribution is 0.0926. The Morgan fingerprint density at radius 2 is 1.23 bits per heavy atom. The average Bonchev–Trinajstić information content (AvgIpc) is 2.78. The number of carbonyl (C=O) groups excluding carboxylic acids is 2. The summed E-state index contributed by atoms with van der Waals surface area (Å²) in [7, 11) is 0. The lowest BCUT2D eigenvalue weighted by Gasteiger charge is -2.13. The molecule has 106 valence electrons. The summed E-state index contributed by atoms with van der Waals surface area (Å²) in [6.07, 6.45) is 0. The molecule has 2 N–H and O–H groups in total. The molecule has 0 aromatic heterocycles. The van der Waals surface area contributed by atoms with Gasteiger partial charge in [0.15, 0.2) is 0 Å². The largest absolute Gasteiger partial charge is 0.399 e. The molecule has 1 aliphatic heterocycles. The fraction of sp³-hybridized carbons (Fsp3) is 0. The molecule has 4 nitrogen and oxygen atoms in total. The number of fused-ring (bicyclic) bond motifs is 2. The fourth-order valence-corrected chi connectivity index (χ4v) is 2.79. The number of rotatable bonds is 1. The first kappa shape index (κ1) is 12.6. The predicted molar refractivity (Wildman–Crippen MR) is 85.9 cm³/mol. The summed E-state index contributed by atoms with van der Waals surface area (Å²) in [6.45, 7) is 0. The molecule has 0 radical (unpaired) electrons. The van der Waals surface area contributed by atoms with Gasteiger partial charge in [0.1, 0.15) is 0 Å². The number of hydrogen-bond donors (Lipinski definition) is 1. The third kappa shape index (κ3) is 1.71. The SMILES string of the molecule is Nc1ccc(N2C(=O)c3cc4ccccc4cc3C2=O)cc1. The van der Waals surface area contributed by atoms with Gasteiger partial charge in [-0.25, -0.2) is 4.90 Å². The van der Waals surface area contributed by atoms with Gasteiger partial charge in [-0.15, -0.1) is 0 Å². The van der Waals surface area contributed by atoms with Crippen LogP contribution in [-0.4, -0.2) is 11.8 Å². The third-order valence-corrected chi connectivity index (χ3v) is 3.90. The first-order chi connectivity index (χ1) is 10.6. The van der Waals surface area contributed by atoms with Crippen LogP contribution in [0.5, 0.6) is 0 Å². The predicted octanol–water partition coefficient (Wildman–Crippen LogP) is 3.22. The fourth-order valence-electron chi connectivity index (χ4n) is 2.79. The molecule has 0 saturated heterocycles.